The SMILES string of the molecule is CNC1=CN(c2ccc([N+](=O)[O-])o2)NN1C. The number of nitrogens with zero attached hydrogens (tertiary/aromatic N) is 3. The zero-order valence-electron chi connectivity index (χ0n) is 8.80. The predicted octanol–water partition coefficient (Wildman–Crippen LogP) is 0.378. The normalized spacial score (nSPS) is 15.2. The predicted molar refractivity (Wildman–Crippen MR) is 55.9 cm³/mol. The summed E-state index contributed by atoms with van der Waals surface area (Å²) in [6.07, 6.45) is 1.72. The van der Waals surface area contributed by atoms with E-state index in [9.17, 15) is 10.1 Å². The highest BCUT2D eigenvalue weighted by Gasteiger charge is 2.22. The quantitative estimate of drug-likeness (QED) is 0.567. The first-order valence-electron chi connectivity index (χ1n) is 4.55. The van der Waals surface area contributed by atoms with E-state index < -0.39 is 4.92 Å². The Kier molecular flexibility index (Phi) is 2.41. The van der Waals surface area contributed by atoms with Gasteiger partial charge in [-0.3, -0.25) is 15.1 Å². The van der Waals surface area contributed by atoms with E-state index in [1.165, 1.54) is 12.1 Å². The first-order valence-corrected chi connectivity index (χ1v) is 4.55. The second kappa shape index (κ2) is 3.74. The van der Waals surface area contributed by atoms with Crippen LogP contribution in [0.4, 0.5) is 11.8 Å². The number of nitro groups is 1. The van der Waals surface area contributed by atoms with Gasteiger partial charge in [0.2, 0.25) is 5.88 Å². The summed E-state index contributed by atoms with van der Waals surface area (Å²) in [6, 6.07) is 2.83. The minimum absolute atomic E-state index is 0.286. The molecule has 1 aliphatic rings. The van der Waals surface area contributed by atoms with Gasteiger partial charge < -0.3 is 9.73 Å². The average molecular weight is 225 g/mol. The Labute approximate surface area is 91.2 Å². The molecule has 0 saturated carbocycles. The van der Waals surface area contributed by atoms with Crippen LogP contribution >= 0.6 is 0 Å². The molecule has 0 aromatic carbocycles. The molecule has 2 heterocycles. The number of rotatable bonds is 3. The standard InChI is InChI=1S/C8H11N5O3/c1-9-6-5-12(10-11(6)2)7-3-4-8(16-7)13(14)15/h3-5,9-10H,1-2H3. The van der Waals surface area contributed by atoms with E-state index in [-0.39, 0.29) is 5.88 Å². The van der Waals surface area contributed by atoms with Crippen LogP contribution in [0.1, 0.15) is 0 Å². The summed E-state index contributed by atoms with van der Waals surface area (Å²) in [5.74, 6) is 0.883. The molecule has 2 N–H and O–H groups in total. The third-order valence-electron chi connectivity index (χ3n) is 2.12. The molecule has 1 aromatic heterocycles. The number of anilines is 1. The molecule has 8 heteroatoms. The molecule has 8 nitrogen and oxygen atoms in total. The molecule has 0 unspecified atom stereocenters. The molecule has 0 spiro atoms. The molecule has 2 rings (SSSR count). The smallest absolute Gasteiger partial charge is 0.383 e. The van der Waals surface area contributed by atoms with Gasteiger partial charge in [0.15, 0.2) is 0 Å². The Bertz CT molecular complexity index is 441. The topological polar surface area (TPSA) is 86.8 Å². The average Bonchev–Trinajstić information content (AvgIpc) is 2.83. The summed E-state index contributed by atoms with van der Waals surface area (Å²) >= 11 is 0. The fraction of sp³-hybridized carbons (Fsp3) is 0.250. The molecule has 0 radical (unpaired) electrons. The van der Waals surface area contributed by atoms with Gasteiger partial charge in [-0.2, -0.15) is 0 Å². The van der Waals surface area contributed by atoms with Gasteiger partial charge in [0.1, 0.15) is 10.7 Å². The molecule has 0 saturated heterocycles. The molecular formula is C8H11N5O3. The van der Waals surface area contributed by atoms with Crippen molar-refractivity contribution in [3.05, 3.63) is 34.3 Å². The van der Waals surface area contributed by atoms with Gasteiger partial charge in [0.05, 0.1) is 12.3 Å². The molecular weight excluding hydrogens is 214 g/mol. The Morgan fingerprint density at radius 3 is 2.81 bits per heavy atom. The minimum atomic E-state index is -0.577. The van der Waals surface area contributed by atoms with Gasteiger partial charge in [-0.25, -0.2) is 5.01 Å². The van der Waals surface area contributed by atoms with E-state index in [0.29, 0.717) is 5.88 Å². The van der Waals surface area contributed by atoms with Gasteiger partial charge in [-0.15, -0.1) is 5.53 Å². The lowest BCUT2D eigenvalue weighted by atomic mass is 10.6. The van der Waals surface area contributed by atoms with Gasteiger partial charge in [0.25, 0.3) is 0 Å². The molecule has 1 aliphatic heterocycles. The second-order valence-electron chi connectivity index (χ2n) is 3.16. The van der Waals surface area contributed by atoms with Crippen molar-refractivity contribution in [1.29, 1.82) is 0 Å². The summed E-state index contributed by atoms with van der Waals surface area (Å²) in [4.78, 5) is 9.87. The van der Waals surface area contributed by atoms with Gasteiger partial charge in [-0.1, -0.05) is 0 Å². The lowest BCUT2D eigenvalue weighted by Gasteiger charge is -2.17. The molecule has 0 atom stereocenters. The third kappa shape index (κ3) is 1.65. The first kappa shape index (κ1) is 10.3. The summed E-state index contributed by atoms with van der Waals surface area (Å²) < 4.78 is 5.04. The van der Waals surface area contributed by atoms with Crippen LogP contribution in [0.15, 0.2) is 28.6 Å². The fourth-order valence-electron chi connectivity index (χ4n) is 1.34. The van der Waals surface area contributed by atoms with Gasteiger partial charge >= 0.3 is 5.88 Å². The first-order chi connectivity index (χ1) is 7.61. The van der Waals surface area contributed by atoms with Crippen molar-refractivity contribution in [3.8, 4) is 0 Å². The third-order valence-corrected chi connectivity index (χ3v) is 2.12. The van der Waals surface area contributed by atoms with Crippen molar-refractivity contribution in [1.82, 2.24) is 15.9 Å². The lowest BCUT2D eigenvalue weighted by molar-refractivity contribution is -0.401. The maximum Gasteiger partial charge on any atom is 0.434 e. The van der Waals surface area contributed by atoms with Gasteiger partial charge in [-0.05, 0) is 0 Å². The Morgan fingerprint density at radius 2 is 2.31 bits per heavy atom. The highest BCUT2D eigenvalue weighted by Crippen LogP contribution is 2.24. The number of hydrogen-bond donors (Lipinski definition) is 2. The van der Waals surface area contributed by atoms with E-state index in [1.54, 1.807) is 30.3 Å². The highest BCUT2D eigenvalue weighted by molar-refractivity contribution is 5.43. The van der Waals surface area contributed by atoms with Crippen LogP contribution in [-0.4, -0.2) is 24.0 Å². The summed E-state index contributed by atoms with van der Waals surface area (Å²) in [6.45, 7) is 0. The maximum absolute atomic E-state index is 10.4. The minimum Gasteiger partial charge on any atom is -0.383 e. The van der Waals surface area contributed by atoms with Crippen molar-refractivity contribution in [2.24, 2.45) is 0 Å². The summed E-state index contributed by atoms with van der Waals surface area (Å²) in [5, 5.41) is 16.7. The Morgan fingerprint density at radius 1 is 1.56 bits per heavy atom. The van der Waals surface area contributed by atoms with Crippen LogP contribution < -0.4 is 15.9 Å². The maximum atomic E-state index is 10.4. The van der Waals surface area contributed by atoms with E-state index in [1.807, 2.05) is 0 Å². The second-order valence-corrected chi connectivity index (χ2v) is 3.16. The van der Waals surface area contributed by atoms with E-state index in [2.05, 4.69) is 10.9 Å². The molecule has 16 heavy (non-hydrogen) atoms. The van der Waals surface area contributed by atoms with E-state index >= 15 is 0 Å². The molecule has 0 aliphatic carbocycles. The van der Waals surface area contributed by atoms with Crippen LogP contribution in [0.25, 0.3) is 0 Å². The van der Waals surface area contributed by atoms with Crippen LogP contribution in [0.5, 0.6) is 0 Å². The molecule has 0 amide bonds. The van der Waals surface area contributed by atoms with Crippen molar-refractivity contribution >= 4 is 11.8 Å². The lowest BCUT2D eigenvalue weighted by Crippen LogP contribution is -2.39. The van der Waals surface area contributed by atoms with Crippen LogP contribution in [-0.2, 0) is 0 Å². The largest absolute Gasteiger partial charge is 0.434 e. The van der Waals surface area contributed by atoms with Crippen molar-refractivity contribution in [3.63, 3.8) is 0 Å². The zero-order valence-corrected chi connectivity index (χ0v) is 8.80. The zero-order chi connectivity index (χ0) is 11.7. The monoisotopic (exact) mass is 225 g/mol. The number of hydrogen-bond acceptors (Lipinski definition) is 7. The highest BCUT2D eigenvalue weighted by atomic mass is 16.6. The molecule has 0 bridgehead atoms. The van der Waals surface area contributed by atoms with Crippen LogP contribution in [0.3, 0.4) is 0 Å². The van der Waals surface area contributed by atoms with Crippen LogP contribution in [0, 0.1) is 10.1 Å². The summed E-state index contributed by atoms with van der Waals surface area (Å²) in [7, 11) is 3.58. The molecule has 0 fully saturated rings. The van der Waals surface area contributed by atoms with Crippen molar-refractivity contribution in [2.75, 3.05) is 19.1 Å². The van der Waals surface area contributed by atoms with Crippen molar-refractivity contribution in [2.45, 2.75) is 0 Å². The number of furan rings is 1. The van der Waals surface area contributed by atoms with Gasteiger partial charge in [0, 0.05) is 20.2 Å². The van der Waals surface area contributed by atoms with Crippen LogP contribution in [0.2, 0.25) is 0 Å². The molecule has 1 aromatic rings. The summed E-state index contributed by atoms with van der Waals surface area (Å²) in [5.41, 5.74) is 2.92. The molecule has 86 valence electrons. The fourth-order valence-corrected chi connectivity index (χ4v) is 1.34. The Hall–Kier alpha value is -2.22. The van der Waals surface area contributed by atoms with E-state index in [4.69, 9.17) is 4.42 Å². The van der Waals surface area contributed by atoms with Crippen molar-refractivity contribution < 1.29 is 9.34 Å². The Balaban J connectivity index is 2.20. The number of hydrazine groups is 2. The van der Waals surface area contributed by atoms with E-state index in [0.717, 1.165) is 5.82 Å². The number of nitrogens with one attached hydrogen (secondary N) is 2.